The van der Waals surface area contributed by atoms with Crippen molar-refractivity contribution >= 4 is 33.3 Å². The van der Waals surface area contributed by atoms with Crippen LogP contribution >= 0.6 is 27.5 Å². The van der Waals surface area contributed by atoms with E-state index in [1.165, 1.54) is 0 Å². The van der Waals surface area contributed by atoms with Crippen LogP contribution in [-0.4, -0.2) is 11.2 Å². The molecule has 1 aromatic carbocycles. The Labute approximate surface area is 91.2 Å². The first kappa shape index (κ1) is 10.7. The van der Waals surface area contributed by atoms with Crippen LogP contribution in [0.4, 0.5) is 0 Å². The van der Waals surface area contributed by atoms with Gasteiger partial charge in [0.05, 0.1) is 5.38 Å². The molecule has 0 N–H and O–H groups in total. The standard InChI is InChI=1S/C10H10BrClO/c1-2-9(12)10(13)7-4-3-5-8(11)6-7/h3-6,9H,2H2,1H3. The predicted octanol–water partition coefficient (Wildman–Crippen LogP) is 3.65. The number of Topliss-reactive ketones (excluding diaryl/α,β-unsaturated/α-hetero) is 1. The molecular weight excluding hydrogens is 251 g/mol. The Morgan fingerprint density at radius 2 is 2.31 bits per heavy atom. The minimum absolute atomic E-state index is 0.00883. The highest BCUT2D eigenvalue weighted by Crippen LogP contribution is 2.16. The first-order chi connectivity index (χ1) is 6.15. The van der Waals surface area contributed by atoms with Crippen LogP contribution in [0.5, 0.6) is 0 Å². The van der Waals surface area contributed by atoms with Crippen LogP contribution in [0.15, 0.2) is 28.7 Å². The molecule has 0 aliphatic carbocycles. The zero-order chi connectivity index (χ0) is 9.84. The lowest BCUT2D eigenvalue weighted by Crippen LogP contribution is -2.13. The normalized spacial score (nSPS) is 12.5. The van der Waals surface area contributed by atoms with E-state index in [1.807, 2.05) is 19.1 Å². The van der Waals surface area contributed by atoms with E-state index in [1.54, 1.807) is 12.1 Å². The highest BCUT2D eigenvalue weighted by Gasteiger charge is 2.14. The van der Waals surface area contributed by atoms with Crippen molar-refractivity contribution in [2.45, 2.75) is 18.7 Å². The van der Waals surface area contributed by atoms with Gasteiger partial charge >= 0.3 is 0 Å². The number of carbonyl (C=O) groups is 1. The van der Waals surface area contributed by atoms with E-state index in [2.05, 4.69) is 15.9 Å². The molecule has 0 saturated carbocycles. The van der Waals surface area contributed by atoms with E-state index in [0.29, 0.717) is 12.0 Å². The van der Waals surface area contributed by atoms with Gasteiger partial charge in [-0.3, -0.25) is 4.79 Å². The molecule has 0 heterocycles. The maximum absolute atomic E-state index is 11.6. The molecule has 3 heteroatoms. The number of rotatable bonds is 3. The molecule has 1 rings (SSSR count). The second-order valence-electron chi connectivity index (χ2n) is 2.75. The lowest BCUT2D eigenvalue weighted by Gasteiger charge is -2.05. The third kappa shape index (κ3) is 2.82. The highest BCUT2D eigenvalue weighted by molar-refractivity contribution is 9.10. The summed E-state index contributed by atoms with van der Waals surface area (Å²) in [6.45, 7) is 1.90. The monoisotopic (exact) mass is 260 g/mol. The fourth-order valence-electron chi connectivity index (χ4n) is 1.01. The molecule has 0 spiro atoms. The van der Waals surface area contributed by atoms with Gasteiger partial charge < -0.3 is 0 Å². The van der Waals surface area contributed by atoms with Crippen LogP contribution < -0.4 is 0 Å². The Kier molecular flexibility index (Phi) is 3.94. The average molecular weight is 262 g/mol. The van der Waals surface area contributed by atoms with Gasteiger partial charge in [0.1, 0.15) is 0 Å². The zero-order valence-corrected chi connectivity index (χ0v) is 9.60. The SMILES string of the molecule is CCC(Cl)C(=O)c1cccc(Br)c1. The number of halogens is 2. The number of hydrogen-bond donors (Lipinski definition) is 0. The Morgan fingerprint density at radius 3 is 2.85 bits per heavy atom. The minimum atomic E-state index is -0.408. The molecule has 1 unspecified atom stereocenters. The number of benzene rings is 1. The summed E-state index contributed by atoms with van der Waals surface area (Å²) in [5, 5.41) is -0.408. The number of carbonyl (C=O) groups excluding carboxylic acids is 1. The Bertz CT molecular complexity index is 312. The fraction of sp³-hybridized carbons (Fsp3) is 0.300. The van der Waals surface area contributed by atoms with Gasteiger partial charge in [-0.1, -0.05) is 35.0 Å². The maximum Gasteiger partial charge on any atom is 0.180 e. The average Bonchev–Trinajstić information content (AvgIpc) is 2.15. The fourth-order valence-corrected chi connectivity index (χ4v) is 1.53. The van der Waals surface area contributed by atoms with Crippen LogP contribution in [0.25, 0.3) is 0 Å². The van der Waals surface area contributed by atoms with Crippen molar-refractivity contribution in [3.63, 3.8) is 0 Å². The van der Waals surface area contributed by atoms with Crippen LogP contribution in [0.3, 0.4) is 0 Å². The van der Waals surface area contributed by atoms with Gasteiger partial charge in [0, 0.05) is 10.0 Å². The molecular formula is C10H10BrClO. The van der Waals surface area contributed by atoms with Crippen molar-refractivity contribution in [2.75, 3.05) is 0 Å². The van der Waals surface area contributed by atoms with Crippen molar-refractivity contribution in [1.82, 2.24) is 0 Å². The second kappa shape index (κ2) is 4.77. The van der Waals surface area contributed by atoms with Gasteiger partial charge in [0.25, 0.3) is 0 Å². The molecule has 0 fully saturated rings. The van der Waals surface area contributed by atoms with Gasteiger partial charge in [-0.15, -0.1) is 11.6 Å². The van der Waals surface area contributed by atoms with E-state index < -0.39 is 5.38 Å². The summed E-state index contributed by atoms with van der Waals surface area (Å²) in [5.41, 5.74) is 0.663. The predicted molar refractivity (Wildman–Crippen MR) is 58.4 cm³/mol. The molecule has 0 radical (unpaired) electrons. The van der Waals surface area contributed by atoms with Crippen molar-refractivity contribution in [2.24, 2.45) is 0 Å². The maximum atomic E-state index is 11.6. The van der Waals surface area contributed by atoms with Gasteiger partial charge in [-0.2, -0.15) is 0 Å². The summed E-state index contributed by atoms with van der Waals surface area (Å²) in [4.78, 5) is 11.6. The lowest BCUT2D eigenvalue weighted by atomic mass is 10.1. The first-order valence-corrected chi connectivity index (χ1v) is 5.32. The van der Waals surface area contributed by atoms with E-state index in [4.69, 9.17) is 11.6 Å². The molecule has 0 aromatic heterocycles. The molecule has 70 valence electrons. The Hall–Kier alpha value is -0.340. The molecule has 1 aromatic rings. The summed E-state index contributed by atoms with van der Waals surface area (Å²) < 4.78 is 0.901. The number of hydrogen-bond acceptors (Lipinski definition) is 1. The third-order valence-electron chi connectivity index (χ3n) is 1.75. The molecule has 0 saturated heterocycles. The number of alkyl halides is 1. The van der Waals surface area contributed by atoms with Crippen molar-refractivity contribution in [3.8, 4) is 0 Å². The van der Waals surface area contributed by atoms with Gasteiger partial charge in [-0.25, -0.2) is 0 Å². The van der Waals surface area contributed by atoms with Crippen molar-refractivity contribution in [1.29, 1.82) is 0 Å². The zero-order valence-electron chi connectivity index (χ0n) is 7.26. The van der Waals surface area contributed by atoms with Crippen molar-refractivity contribution in [3.05, 3.63) is 34.3 Å². The summed E-state index contributed by atoms with van der Waals surface area (Å²) in [6, 6.07) is 7.27. The van der Waals surface area contributed by atoms with Crippen molar-refractivity contribution < 1.29 is 4.79 Å². The minimum Gasteiger partial charge on any atom is -0.293 e. The lowest BCUT2D eigenvalue weighted by molar-refractivity contribution is 0.0985. The van der Waals surface area contributed by atoms with Crippen LogP contribution in [-0.2, 0) is 0 Å². The van der Waals surface area contributed by atoms with Gasteiger partial charge in [0.2, 0.25) is 0 Å². The van der Waals surface area contributed by atoms with E-state index in [0.717, 1.165) is 4.47 Å². The molecule has 0 amide bonds. The van der Waals surface area contributed by atoms with Crippen LogP contribution in [0, 0.1) is 0 Å². The first-order valence-electron chi connectivity index (χ1n) is 4.09. The van der Waals surface area contributed by atoms with Crippen LogP contribution in [0.2, 0.25) is 0 Å². The molecule has 0 aliphatic heterocycles. The molecule has 1 nitrogen and oxygen atoms in total. The van der Waals surface area contributed by atoms with Crippen LogP contribution in [0.1, 0.15) is 23.7 Å². The Morgan fingerprint density at radius 1 is 1.62 bits per heavy atom. The van der Waals surface area contributed by atoms with E-state index in [-0.39, 0.29) is 5.78 Å². The Balaban J connectivity index is 2.89. The van der Waals surface area contributed by atoms with E-state index in [9.17, 15) is 4.79 Å². The van der Waals surface area contributed by atoms with E-state index >= 15 is 0 Å². The molecule has 0 aliphatic rings. The summed E-state index contributed by atoms with van der Waals surface area (Å²) in [6.07, 6.45) is 0.660. The van der Waals surface area contributed by atoms with Gasteiger partial charge in [-0.05, 0) is 18.6 Å². The second-order valence-corrected chi connectivity index (χ2v) is 4.19. The molecule has 0 bridgehead atoms. The quantitative estimate of drug-likeness (QED) is 0.599. The summed E-state index contributed by atoms with van der Waals surface area (Å²) in [7, 11) is 0. The smallest absolute Gasteiger partial charge is 0.180 e. The van der Waals surface area contributed by atoms with Gasteiger partial charge in [0.15, 0.2) is 5.78 Å². The molecule has 1 atom stereocenters. The third-order valence-corrected chi connectivity index (χ3v) is 2.75. The molecule has 13 heavy (non-hydrogen) atoms. The number of ketones is 1. The topological polar surface area (TPSA) is 17.1 Å². The summed E-state index contributed by atoms with van der Waals surface area (Å²) >= 11 is 9.14. The summed E-state index contributed by atoms with van der Waals surface area (Å²) in [5.74, 6) is -0.00883. The highest BCUT2D eigenvalue weighted by atomic mass is 79.9. The largest absolute Gasteiger partial charge is 0.293 e.